The van der Waals surface area contributed by atoms with Crippen LogP contribution in [0.3, 0.4) is 0 Å². The van der Waals surface area contributed by atoms with Crippen molar-refractivity contribution in [3.63, 3.8) is 0 Å². The van der Waals surface area contributed by atoms with Gasteiger partial charge in [-0.05, 0) is 42.2 Å². The quantitative estimate of drug-likeness (QED) is 0.897. The molecule has 0 aromatic heterocycles. The van der Waals surface area contributed by atoms with Gasteiger partial charge in [-0.2, -0.15) is 0 Å². The molecule has 1 aliphatic rings. The van der Waals surface area contributed by atoms with Crippen molar-refractivity contribution < 1.29 is 9.50 Å². The maximum absolute atomic E-state index is 13.3. The summed E-state index contributed by atoms with van der Waals surface area (Å²) < 4.78 is 13.3. The predicted octanol–water partition coefficient (Wildman–Crippen LogP) is 3.38. The smallest absolute Gasteiger partial charge is 0.123 e. The molecule has 0 spiro atoms. The number of hydrogen-bond donors (Lipinski definition) is 2. The molecule has 1 unspecified atom stereocenters. The first-order valence-corrected chi connectivity index (χ1v) is 6.94. The van der Waals surface area contributed by atoms with E-state index in [2.05, 4.69) is 11.4 Å². The zero-order valence-corrected chi connectivity index (χ0v) is 11.5. The molecule has 0 amide bonds. The van der Waals surface area contributed by atoms with E-state index in [0.717, 1.165) is 35.3 Å². The zero-order valence-electron chi connectivity index (χ0n) is 11.5. The van der Waals surface area contributed by atoms with Crippen molar-refractivity contribution in [3.8, 4) is 0 Å². The van der Waals surface area contributed by atoms with Gasteiger partial charge in [0.1, 0.15) is 5.82 Å². The first-order valence-electron chi connectivity index (χ1n) is 6.94. The number of nitrogens with one attached hydrogen (secondary N) is 1. The average molecular weight is 271 g/mol. The lowest BCUT2D eigenvalue weighted by Gasteiger charge is -2.16. The van der Waals surface area contributed by atoms with Crippen LogP contribution in [-0.2, 0) is 12.8 Å². The topological polar surface area (TPSA) is 32.3 Å². The molecule has 20 heavy (non-hydrogen) atoms. The lowest BCUT2D eigenvalue weighted by molar-refractivity contribution is 0.179. The predicted molar refractivity (Wildman–Crippen MR) is 78.4 cm³/mol. The molecule has 1 atom stereocenters. The molecule has 3 rings (SSSR count). The lowest BCUT2D eigenvalue weighted by Crippen LogP contribution is -2.06. The minimum Gasteiger partial charge on any atom is -0.388 e. The second kappa shape index (κ2) is 5.25. The molecule has 1 heterocycles. The van der Waals surface area contributed by atoms with Crippen molar-refractivity contribution in [2.24, 2.45) is 0 Å². The van der Waals surface area contributed by atoms with Crippen molar-refractivity contribution in [1.29, 1.82) is 0 Å². The SMILES string of the molecule is Cc1ccc(F)cc1CC(O)c1cccc2c1NCC2. The third-order valence-corrected chi connectivity index (χ3v) is 3.96. The van der Waals surface area contributed by atoms with Crippen LogP contribution in [0.15, 0.2) is 36.4 Å². The summed E-state index contributed by atoms with van der Waals surface area (Å²) in [5, 5.41) is 13.8. The average Bonchev–Trinajstić information content (AvgIpc) is 2.91. The van der Waals surface area contributed by atoms with E-state index in [1.807, 2.05) is 19.1 Å². The van der Waals surface area contributed by atoms with Crippen LogP contribution in [0.4, 0.5) is 10.1 Å². The summed E-state index contributed by atoms with van der Waals surface area (Å²) in [5.41, 5.74) is 5.06. The molecule has 3 heteroatoms. The van der Waals surface area contributed by atoms with Gasteiger partial charge in [0.25, 0.3) is 0 Å². The van der Waals surface area contributed by atoms with E-state index >= 15 is 0 Å². The summed E-state index contributed by atoms with van der Waals surface area (Å²) in [6.07, 6.45) is 0.812. The van der Waals surface area contributed by atoms with Crippen LogP contribution in [0.5, 0.6) is 0 Å². The van der Waals surface area contributed by atoms with Gasteiger partial charge in [0.05, 0.1) is 6.10 Å². The zero-order chi connectivity index (χ0) is 14.1. The molecule has 104 valence electrons. The van der Waals surface area contributed by atoms with Gasteiger partial charge in [-0.15, -0.1) is 0 Å². The van der Waals surface area contributed by atoms with Crippen molar-refractivity contribution >= 4 is 5.69 Å². The van der Waals surface area contributed by atoms with Crippen LogP contribution < -0.4 is 5.32 Å². The number of aryl methyl sites for hydroxylation is 1. The number of rotatable bonds is 3. The molecule has 2 aromatic carbocycles. The van der Waals surface area contributed by atoms with E-state index < -0.39 is 6.10 Å². The number of anilines is 1. The van der Waals surface area contributed by atoms with Gasteiger partial charge in [0.15, 0.2) is 0 Å². The van der Waals surface area contributed by atoms with E-state index in [1.165, 1.54) is 17.7 Å². The number of aliphatic hydroxyl groups is 1. The molecule has 2 N–H and O–H groups in total. The molecular weight excluding hydrogens is 253 g/mol. The number of halogens is 1. The molecular formula is C17H18FNO. The van der Waals surface area contributed by atoms with Gasteiger partial charge in [0, 0.05) is 24.2 Å². The van der Waals surface area contributed by atoms with Crippen molar-refractivity contribution in [1.82, 2.24) is 0 Å². The highest BCUT2D eigenvalue weighted by molar-refractivity contribution is 5.62. The van der Waals surface area contributed by atoms with Crippen LogP contribution >= 0.6 is 0 Å². The fourth-order valence-corrected chi connectivity index (χ4v) is 2.82. The van der Waals surface area contributed by atoms with Crippen LogP contribution in [0.25, 0.3) is 0 Å². The monoisotopic (exact) mass is 271 g/mol. The van der Waals surface area contributed by atoms with E-state index in [4.69, 9.17) is 0 Å². The Balaban J connectivity index is 1.88. The molecule has 0 aliphatic carbocycles. The number of fused-ring (bicyclic) bond motifs is 1. The fraction of sp³-hybridized carbons (Fsp3) is 0.294. The Morgan fingerprint density at radius 1 is 1.30 bits per heavy atom. The summed E-state index contributed by atoms with van der Waals surface area (Å²) in [7, 11) is 0. The Labute approximate surface area is 118 Å². The second-order valence-electron chi connectivity index (χ2n) is 5.35. The van der Waals surface area contributed by atoms with Crippen molar-refractivity contribution in [2.45, 2.75) is 25.9 Å². The summed E-state index contributed by atoms with van der Waals surface area (Å²) in [6.45, 7) is 2.85. The van der Waals surface area contributed by atoms with E-state index in [0.29, 0.717) is 6.42 Å². The van der Waals surface area contributed by atoms with E-state index in [-0.39, 0.29) is 5.82 Å². The van der Waals surface area contributed by atoms with Gasteiger partial charge in [-0.3, -0.25) is 0 Å². The molecule has 2 nitrogen and oxygen atoms in total. The van der Waals surface area contributed by atoms with Gasteiger partial charge in [0.2, 0.25) is 0 Å². The number of hydrogen-bond acceptors (Lipinski definition) is 2. The van der Waals surface area contributed by atoms with Crippen LogP contribution in [-0.4, -0.2) is 11.7 Å². The molecule has 1 aliphatic heterocycles. The summed E-state index contributed by atoms with van der Waals surface area (Å²) in [5.74, 6) is -0.255. The summed E-state index contributed by atoms with van der Waals surface area (Å²) in [6, 6.07) is 10.7. The second-order valence-corrected chi connectivity index (χ2v) is 5.35. The van der Waals surface area contributed by atoms with Crippen LogP contribution in [0.2, 0.25) is 0 Å². The Hall–Kier alpha value is -1.87. The lowest BCUT2D eigenvalue weighted by atomic mass is 9.96. The summed E-state index contributed by atoms with van der Waals surface area (Å²) >= 11 is 0. The maximum Gasteiger partial charge on any atom is 0.123 e. The normalized spacial score (nSPS) is 14.8. The first kappa shape index (κ1) is 13.1. The minimum absolute atomic E-state index is 0.255. The fourth-order valence-electron chi connectivity index (χ4n) is 2.82. The number of para-hydroxylation sites is 1. The minimum atomic E-state index is -0.615. The number of benzene rings is 2. The highest BCUT2D eigenvalue weighted by Crippen LogP contribution is 2.32. The largest absolute Gasteiger partial charge is 0.388 e. The van der Waals surface area contributed by atoms with E-state index in [1.54, 1.807) is 6.07 Å². The Bertz CT molecular complexity index is 639. The Morgan fingerprint density at radius 3 is 3.00 bits per heavy atom. The molecule has 0 saturated carbocycles. The van der Waals surface area contributed by atoms with E-state index in [9.17, 15) is 9.50 Å². The van der Waals surface area contributed by atoms with Gasteiger partial charge >= 0.3 is 0 Å². The third kappa shape index (κ3) is 2.41. The molecule has 0 bridgehead atoms. The molecule has 0 fully saturated rings. The maximum atomic E-state index is 13.3. The van der Waals surface area contributed by atoms with Crippen LogP contribution in [0, 0.1) is 12.7 Å². The van der Waals surface area contributed by atoms with Crippen LogP contribution in [0.1, 0.15) is 28.4 Å². The van der Waals surface area contributed by atoms with Gasteiger partial charge in [-0.1, -0.05) is 24.3 Å². The standard InChI is InChI=1S/C17H18FNO/c1-11-5-6-14(18)9-13(11)10-16(20)15-4-2-3-12-7-8-19-17(12)15/h2-6,9,16,19-20H,7-8,10H2,1H3. The Morgan fingerprint density at radius 2 is 2.15 bits per heavy atom. The highest BCUT2D eigenvalue weighted by atomic mass is 19.1. The number of aliphatic hydroxyl groups excluding tert-OH is 1. The first-order chi connectivity index (χ1) is 9.65. The van der Waals surface area contributed by atoms with Crippen molar-refractivity contribution in [3.05, 3.63) is 64.5 Å². The van der Waals surface area contributed by atoms with Gasteiger partial charge < -0.3 is 10.4 Å². The molecule has 0 radical (unpaired) electrons. The highest BCUT2D eigenvalue weighted by Gasteiger charge is 2.19. The molecule has 2 aromatic rings. The van der Waals surface area contributed by atoms with Gasteiger partial charge in [-0.25, -0.2) is 4.39 Å². The summed E-state index contributed by atoms with van der Waals surface area (Å²) in [4.78, 5) is 0. The Kier molecular flexibility index (Phi) is 3.45. The third-order valence-electron chi connectivity index (χ3n) is 3.96. The molecule has 0 saturated heterocycles. The van der Waals surface area contributed by atoms with Crippen molar-refractivity contribution in [2.75, 3.05) is 11.9 Å².